The van der Waals surface area contributed by atoms with E-state index in [1.807, 2.05) is 0 Å². The molecule has 3 rings (SSSR count). The van der Waals surface area contributed by atoms with Gasteiger partial charge in [0.15, 0.2) is 0 Å². The highest BCUT2D eigenvalue weighted by Crippen LogP contribution is 2.43. The lowest BCUT2D eigenvalue weighted by Gasteiger charge is -2.40. The van der Waals surface area contributed by atoms with Crippen molar-refractivity contribution in [2.24, 2.45) is 11.3 Å². The zero-order chi connectivity index (χ0) is 23.7. The van der Waals surface area contributed by atoms with Gasteiger partial charge in [0.05, 0.1) is 12.7 Å². The van der Waals surface area contributed by atoms with Crippen LogP contribution in [0.5, 0.6) is 0 Å². The average Bonchev–Trinajstić information content (AvgIpc) is 2.97. The number of methoxy groups -OCH3 is 1. The maximum Gasteiger partial charge on any atom is 0.337 e. The van der Waals surface area contributed by atoms with Gasteiger partial charge in [0.1, 0.15) is 12.1 Å². The van der Waals surface area contributed by atoms with Gasteiger partial charge in [0.25, 0.3) is 5.91 Å². The van der Waals surface area contributed by atoms with Crippen LogP contribution in [0.3, 0.4) is 0 Å². The number of esters is 1. The van der Waals surface area contributed by atoms with E-state index in [1.165, 1.54) is 12.0 Å². The Morgan fingerprint density at radius 3 is 2.28 bits per heavy atom. The molecule has 2 fully saturated rings. The fourth-order valence-electron chi connectivity index (χ4n) is 4.62. The molecule has 0 radical (unpaired) electrons. The number of nitrogens with one attached hydrogen (secondary N) is 1. The highest BCUT2D eigenvalue weighted by Gasteiger charge is 2.53. The van der Waals surface area contributed by atoms with Gasteiger partial charge >= 0.3 is 12.0 Å². The van der Waals surface area contributed by atoms with Gasteiger partial charge in [-0.3, -0.25) is 14.5 Å². The van der Waals surface area contributed by atoms with Gasteiger partial charge in [-0.1, -0.05) is 32.9 Å². The van der Waals surface area contributed by atoms with Crippen LogP contribution < -0.4 is 5.32 Å². The fourth-order valence-corrected chi connectivity index (χ4v) is 4.62. The van der Waals surface area contributed by atoms with E-state index < -0.39 is 17.5 Å². The van der Waals surface area contributed by atoms with Gasteiger partial charge in [-0.15, -0.1) is 0 Å². The van der Waals surface area contributed by atoms with Crippen molar-refractivity contribution in [1.29, 1.82) is 0 Å². The predicted octanol–water partition coefficient (Wildman–Crippen LogP) is 2.96. The van der Waals surface area contributed by atoms with Gasteiger partial charge < -0.3 is 15.0 Å². The number of urea groups is 1. The zero-order valence-corrected chi connectivity index (χ0v) is 19.6. The number of hydrogen-bond acceptors (Lipinski definition) is 5. The lowest BCUT2D eigenvalue weighted by atomic mass is 9.67. The number of carbonyl (C=O) groups is 4. The van der Waals surface area contributed by atoms with Crippen LogP contribution in [-0.2, 0) is 20.9 Å². The van der Waals surface area contributed by atoms with Crippen LogP contribution in [0.4, 0.5) is 4.79 Å². The van der Waals surface area contributed by atoms with E-state index in [4.69, 9.17) is 0 Å². The standard InChI is InChI=1S/C24H33N3O5/c1-23(2,3)18-10-12-24(13-11-18)21(30)27(22(31)25-24)15-19(28)26(4)14-16-6-8-17(9-7-16)20(29)32-5/h6-9,18H,10-15H2,1-5H3,(H,25,31). The molecule has 1 aromatic carbocycles. The summed E-state index contributed by atoms with van der Waals surface area (Å²) in [5.74, 6) is -0.541. The van der Waals surface area contributed by atoms with Crippen LogP contribution in [0.25, 0.3) is 0 Å². The molecular weight excluding hydrogens is 410 g/mol. The maximum atomic E-state index is 13.1. The average molecular weight is 444 g/mol. The van der Waals surface area contributed by atoms with E-state index in [9.17, 15) is 19.2 Å². The summed E-state index contributed by atoms with van der Waals surface area (Å²) < 4.78 is 4.68. The minimum absolute atomic E-state index is 0.167. The third-order valence-corrected chi connectivity index (χ3v) is 6.82. The number of likely N-dealkylation sites (N-methyl/N-ethyl adjacent to an activating group) is 1. The molecule has 4 amide bonds. The molecule has 0 bridgehead atoms. The van der Waals surface area contributed by atoms with Gasteiger partial charge in [0, 0.05) is 13.6 Å². The SMILES string of the molecule is COC(=O)c1ccc(CN(C)C(=O)CN2C(=O)NC3(CCC(C(C)(C)C)CC3)C2=O)cc1. The molecule has 8 nitrogen and oxygen atoms in total. The molecule has 0 atom stereocenters. The van der Waals surface area contributed by atoms with Crippen molar-refractivity contribution >= 4 is 23.8 Å². The minimum atomic E-state index is -0.874. The molecule has 1 heterocycles. The second-order valence-electron chi connectivity index (χ2n) is 9.98. The highest BCUT2D eigenvalue weighted by molar-refractivity contribution is 6.09. The Morgan fingerprint density at radius 2 is 1.75 bits per heavy atom. The van der Waals surface area contributed by atoms with E-state index in [1.54, 1.807) is 31.3 Å². The van der Waals surface area contributed by atoms with Crippen molar-refractivity contribution in [1.82, 2.24) is 15.1 Å². The molecule has 1 aliphatic carbocycles. The summed E-state index contributed by atoms with van der Waals surface area (Å²) in [6.45, 7) is 6.62. The van der Waals surface area contributed by atoms with Crippen LogP contribution in [-0.4, -0.2) is 59.9 Å². The molecule has 2 aliphatic rings. The molecule has 1 saturated carbocycles. The van der Waals surface area contributed by atoms with Crippen molar-refractivity contribution in [2.75, 3.05) is 20.7 Å². The normalized spacial score (nSPS) is 23.3. The summed E-state index contributed by atoms with van der Waals surface area (Å²) in [4.78, 5) is 52.5. The molecule has 1 aliphatic heterocycles. The summed E-state index contributed by atoms with van der Waals surface area (Å²) in [6, 6.07) is 6.26. The molecule has 1 N–H and O–H groups in total. The molecule has 1 saturated heterocycles. The van der Waals surface area contributed by atoms with E-state index in [-0.39, 0.29) is 23.8 Å². The zero-order valence-electron chi connectivity index (χ0n) is 19.6. The first-order chi connectivity index (χ1) is 15.0. The molecule has 32 heavy (non-hydrogen) atoms. The molecule has 8 heteroatoms. The Balaban J connectivity index is 1.59. The third kappa shape index (κ3) is 4.79. The monoisotopic (exact) mass is 443 g/mol. The first-order valence-electron chi connectivity index (χ1n) is 11.0. The number of nitrogens with zero attached hydrogens (tertiary/aromatic N) is 2. The first kappa shape index (κ1) is 23.8. The van der Waals surface area contributed by atoms with Gasteiger partial charge in [-0.05, 0) is 54.7 Å². The lowest BCUT2D eigenvalue weighted by molar-refractivity contribution is -0.139. The van der Waals surface area contributed by atoms with Gasteiger partial charge in [-0.25, -0.2) is 9.59 Å². The second kappa shape index (κ2) is 8.92. The van der Waals surface area contributed by atoms with Crippen molar-refractivity contribution < 1.29 is 23.9 Å². The molecular formula is C24H33N3O5. The summed E-state index contributed by atoms with van der Waals surface area (Å²) in [6.07, 6.45) is 2.96. The lowest BCUT2D eigenvalue weighted by Crippen LogP contribution is -2.51. The summed E-state index contributed by atoms with van der Waals surface area (Å²) in [7, 11) is 2.94. The predicted molar refractivity (Wildman–Crippen MR) is 119 cm³/mol. The molecule has 1 aromatic rings. The number of carbonyl (C=O) groups excluding carboxylic acids is 4. The Kier molecular flexibility index (Phi) is 6.62. The summed E-state index contributed by atoms with van der Waals surface area (Å²) >= 11 is 0. The first-order valence-corrected chi connectivity index (χ1v) is 11.0. The van der Waals surface area contributed by atoms with Crippen molar-refractivity contribution in [3.8, 4) is 0 Å². The van der Waals surface area contributed by atoms with Crippen LogP contribution >= 0.6 is 0 Å². The van der Waals surface area contributed by atoms with Gasteiger partial charge in [-0.2, -0.15) is 0 Å². The van der Waals surface area contributed by atoms with Crippen molar-refractivity contribution in [3.63, 3.8) is 0 Å². The quantitative estimate of drug-likeness (QED) is 0.558. The topological polar surface area (TPSA) is 96.0 Å². The van der Waals surface area contributed by atoms with E-state index in [2.05, 4.69) is 30.8 Å². The number of hydrogen-bond donors (Lipinski definition) is 1. The van der Waals surface area contributed by atoms with E-state index in [0.717, 1.165) is 23.3 Å². The van der Waals surface area contributed by atoms with E-state index in [0.29, 0.717) is 30.9 Å². The molecule has 0 unspecified atom stereocenters. The summed E-state index contributed by atoms with van der Waals surface area (Å²) in [5.41, 5.74) is 0.543. The Labute approximate surface area is 189 Å². The summed E-state index contributed by atoms with van der Waals surface area (Å²) in [5, 5.41) is 2.88. The molecule has 1 spiro atoms. The van der Waals surface area contributed by atoms with Gasteiger partial charge in [0.2, 0.25) is 5.91 Å². The maximum absolute atomic E-state index is 13.1. The second-order valence-corrected chi connectivity index (χ2v) is 9.98. The van der Waals surface area contributed by atoms with Crippen LogP contribution in [0, 0.1) is 11.3 Å². The number of ether oxygens (including phenoxy) is 1. The van der Waals surface area contributed by atoms with Crippen LogP contribution in [0.2, 0.25) is 0 Å². The Morgan fingerprint density at radius 1 is 1.16 bits per heavy atom. The molecule has 0 aromatic heterocycles. The van der Waals surface area contributed by atoms with Crippen molar-refractivity contribution in [3.05, 3.63) is 35.4 Å². The third-order valence-electron chi connectivity index (χ3n) is 6.82. The molecule has 174 valence electrons. The number of benzene rings is 1. The van der Waals surface area contributed by atoms with E-state index >= 15 is 0 Å². The number of rotatable bonds is 5. The van der Waals surface area contributed by atoms with Crippen LogP contribution in [0.1, 0.15) is 62.4 Å². The Bertz CT molecular complexity index is 895. The largest absolute Gasteiger partial charge is 0.465 e. The smallest absolute Gasteiger partial charge is 0.337 e. The number of imide groups is 1. The highest BCUT2D eigenvalue weighted by atomic mass is 16.5. The fraction of sp³-hybridized carbons (Fsp3) is 0.583. The Hall–Kier alpha value is -2.90. The van der Waals surface area contributed by atoms with Crippen molar-refractivity contribution in [2.45, 2.75) is 58.5 Å². The van der Waals surface area contributed by atoms with Crippen LogP contribution in [0.15, 0.2) is 24.3 Å². The number of amides is 4. The minimum Gasteiger partial charge on any atom is -0.465 e.